The van der Waals surface area contributed by atoms with Crippen LogP contribution in [0.15, 0.2) is 91.0 Å². The summed E-state index contributed by atoms with van der Waals surface area (Å²) in [5.41, 5.74) is -1.09. The van der Waals surface area contributed by atoms with Crippen LogP contribution in [-0.4, -0.2) is 34.4 Å². The molecule has 1 fully saturated rings. The molecular weight excluding hydrogens is 477 g/mol. The number of rotatable bonds is 9. The summed E-state index contributed by atoms with van der Waals surface area (Å²) in [5, 5.41) is 17.9. The Morgan fingerprint density at radius 2 is 1.16 bits per heavy atom. The van der Waals surface area contributed by atoms with Crippen LogP contribution < -0.4 is 15.9 Å². The minimum atomic E-state index is -1.88. The summed E-state index contributed by atoms with van der Waals surface area (Å²) in [5.74, 6) is -0.154. The molecule has 0 spiro atoms. The average molecular weight is 518 g/mol. The van der Waals surface area contributed by atoms with E-state index in [0.29, 0.717) is 19.3 Å². The fraction of sp³-hybridized carbons (Fsp3) is 0.406. The first kappa shape index (κ1) is 27.5. The highest BCUT2D eigenvalue weighted by Gasteiger charge is 2.47. The largest absolute Gasteiger partial charge is 0.462 e. The molecule has 3 aromatic carbocycles. The van der Waals surface area contributed by atoms with E-state index in [1.807, 2.05) is 27.7 Å². The van der Waals surface area contributed by atoms with Gasteiger partial charge in [-0.3, -0.25) is 4.79 Å². The van der Waals surface area contributed by atoms with Gasteiger partial charge in [0.05, 0.1) is 6.16 Å². The van der Waals surface area contributed by atoms with Crippen LogP contribution in [0.5, 0.6) is 0 Å². The summed E-state index contributed by atoms with van der Waals surface area (Å²) in [7, 11) is -1.88. The number of piperidine rings is 1. The number of hydroxylamine groups is 2. The highest BCUT2D eigenvalue weighted by molar-refractivity contribution is 7.95. The van der Waals surface area contributed by atoms with Crippen molar-refractivity contribution in [3.8, 4) is 0 Å². The lowest BCUT2D eigenvalue weighted by molar-refractivity contribution is -0.299. The first-order valence-corrected chi connectivity index (χ1v) is 15.3. The number of hydrogen-bond acceptors (Lipinski definition) is 3. The Hall–Kier alpha value is -2.52. The molecule has 0 amide bonds. The maximum Gasteiger partial charge on any atom is 0.306 e. The summed E-state index contributed by atoms with van der Waals surface area (Å²) in [6.45, 7) is 7.73. The van der Waals surface area contributed by atoms with Crippen LogP contribution in [0.4, 0.5) is 0 Å². The second kappa shape index (κ2) is 11.5. The lowest BCUT2D eigenvalue weighted by Gasteiger charge is -2.49. The molecule has 0 aromatic heterocycles. The molecule has 0 saturated carbocycles. The zero-order valence-electron chi connectivity index (χ0n) is 22.6. The summed E-state index contributed by atoms with van der Waals surface area (Å²) in [6.07, 6.45) is 4.01. The van der Waals surface area contributed by atoms with Crippen LogP contribution in [0.1, 0.15) is 59.8 Å². The van der Waals surface area contributed by atoms with Crippen LogP contribution in [0.2, 0.25) is 0 Å². The van der Waals surface area contributed by atoms with Crippen molar-refractivity contribution in [1.29, 1.82) is 0 Å². The third-order valence-electron chi connectivity index (χ3n) is 7.57. The Morgan fingerprint density at radius 3 is 1.57 bits per heavy atom. The summed E-state index contributed by atoms with van der Waals surface area (Å²) < 4.78 is 5.90. The number of esters is 1. The van der Waals surface area contributed by atoms with E-state index in [1.54, 1.807) is 0 Å². The van der Waals surface area contributed by atoms with Crippen molar-refractivity contribution >= 4 is 29.1 Å². The minimum absolute atomic E-state index is 0.154. The zero-order valence-corrected chi connectivity index (χ0v) is 23.5. The lowest BCUT2D eigenvalue weighted by Crippen LogP contribution is -2.60. The Labute approximate surface area is 223 Å². The van der Waals surface area contributed by atoms with Crippen LogP contribution in [0.25, 0.3) is 0 Å². The Bertz CT molecular complexity index is 1030. The van der Waals surface area contributed by atoms with E-state index >= 15 is 0 Å². The number of ether oxygens (including phenoxy) is 1. The number of carbonyl (C=O) groups is 1. The minimum Gasteiger partial charge on any atom is -0.462 e. The number of nitrogens with zero attached hydrogens (tertiary/aromatic N) is 1. The van der Waals surface area contributed by atoms with Crippen LogP contribution in [-0.2, 0) is 14.7 Å². The van der Waals surface area contributed by atoms with Crippen molar-refractivity contribution in [1.82, 2.24) is 5.06 Å². The van der Waals surface area contributed by atoms with Gasteiger partial charge in [0.15, 0.2) is 0 Å². The number of benzene rings is 3. The van der Waals surface area contributed by atoms with Crippen molar-refractivity contribution in [3.05, 3.63) is 91.0 Å². The molecule has 1 saturated heterocycles. The Morgan fingerprint density at radius 1 is 0.757 bits per heavy atom. The molecule has 1 aliphatic rings. The molecule has 0 aliphatic carbocycles. The van der Waals surface area contributed by atoms with Crippen molar-refractivity contribution in [2.45, 2.75) is 77.0 Å². The highest BCUT2D eigenvalue weighted by atomic mass is 31.2. The van der Waals surface area contributed by atoms with Gasteiger partial charge in [0.1, 0.15) is 29.3 Å². The van der Waals surface area contributed by atoms with Gasteiger partial charge in [-0.25, -0.2) is 0 Å². The molecule has 1 radical (unpaired) electrons. The summed E-state index contributed by atoms with van der Waals surface area (Å²) in [4.78, 5) is 12.8. The van der Waals surface area contributed by atoms with Gasteiger partial charge in [0.2, 0.25) is 0 Å². The van der Waals surface area contributed by atoms with Gasteiger partial charge in [0.25, 0.3) is 0 Å². The Kier molecular flexibility index (Phi) is 8.53. The smallest absolute Gasteiger partial charge is 0.306 e. The van der Waals surface area contributed by atoms with Gasteiger partial charge in [-0.1, -0.05) is 54.6 Å². The maximum atomic E-state index is 12.8. The summed E-state index contributed by atoms with van der Waals surface area (Å²) in [6, 6.07) is 32.5. The van der Waals surface area contributed by atoms with Gasteiger partial charge >= 0.3 is 5.97 Å². The first-order valence-electron chi connectivity index (χ1n) is 13.4. The molecule has 1 heterocycles. The number of hydrogen-bond donors (Lipinski definition) is 0. The van der Waals surface area contributed by atoms with Crippen LogP contribution in [0, 0.1) is 0 Å². The fourth-order valence-corrected chi connectivity index (χ4v) is 10.4. The van der Waals surface area contributed by atoms with E-state index < -0.39 is 18.3 Å². The molecule has 3 aromatic rings. The molecule has 0 bridgehead atoms. The highest BCUT2D eigenvalue weighted by Crippen LogP contribution is 2.56. The van der Waals surface area contributed by atoms with Crippen molar-refractivity contribution in [3.63, 3.8) is 0 Å². The van der Waals surface area contributed by atoms with E-state index in [1.165, 1.54) is 21.0 Å². The van der Waals surface area contributed by atoms with Crippen LogP contribution in [0.3, 0.4) is 0 Å². The molecule has 37 heavy (non-hydrogen) atoms. The predicted octanol–water partition coefficient (Wildman–Crippen LogP) is 6.06. The SMILES string of the molecule is CC1(C)CC(OC(=O)CCCC[P+](c2ccccc2)(c2ccccc2)c2ccccc2)CC(C)(C)N1[O]. The molecule has 5 heteroatoms. The lowest BCUT2D eigenvalue weighted by atomic mass is 9.80. The quantitative estimate of drug-likeness (QED) is 0.197. The van der Waals surface area contributed by atoms with Crippen molar-refractivity contribution in [2.24, 2.45) is 0 Å². The summed E-state index contributed by atoms with van der Waals surface area (Å²) >= 11 is 0. The van der Waals surface area contributed by atoms with E-state index in [4.69, 9.17) is 4.74 Å². The second-order valence-electron chi connectivity index (χ2n) is 11.4. The molecule has 4 nitrogen and oxygen atoms in total. The van der Waals surface area contributed by atoms with E-state index in [0.717, 1.165) is 19.0 Å². The van der Waals surface area contributed by atoms with Gasteiger partial charge in [-0.15, -0.1) is 10.3 Å². The first-order chi connectivity index (χ1) is 17.6. The zero-order chi connectivity index (χ0) is 26.5. The normalized spacial score (nSPS) is 17.9. The van der Waals surface area contributed by atoms with E-state index in [9.17, 15) is 10.0 Å². The predicted molar refractivity (Wildman–Crippen MR) is 154 cm³/mol. The average Bonchev–Trinajstić information content (AvgIpc) is 2.89. The van der Waals surface area contributed by atoms with E-state index in [-0.39, 0.29) is 12.1 Å². The van der Waals surface area contributed by atoms with E-state index in [2.05, 4.69) is 91.0 Å². The number of unbranched alkanes of at least 4 members (excludes halogenated alkanes) is 1. The van der Waals surface area contributed by atoms with Gasteiger partial charge in [-0.2, -0.15) is 0 Å². The third-order valence-corrected chi connectivity index (χ3v) is 12.1. The molecule has 195 valence electrons. The molecule has 1 aliphatic heterocycles. The molecule has 4 rings (SSSR count). The standard InChI is InChI=1S/C32H40NO3P/c1-31(2)24-26(25-32(3,4)33(31)35)36-30(34)22-14-15-23-37(27-16-8-5-9-17-27,28-18-10-6-11-19-28)29-20-12-7-13-21-29/h5-13,16-21,26H,14-15,22-25H2,1-4H3/q+1. The van der Waals surface area contributed by atoms with Gasteiger partial charge in [-0.05, 0) is 76.9 Å². The fourth-order valence-electron chi connectivity index (χ4n) is 6.00. The van der Waals surface area contributed by atoms with Crippen molar-refractivity contribution < 1.29 is 14.7 Å². The Balaban J connectivity index is 1.48. The molecular formula is C32H40NO3P+. The van der Waals surface area contributed by atoms with Crippen molar-refractivity contribution in [2.75, 3.05) is 6.16 Å². The molecule has 0 N–H and O–H groups in total. The monoisotopic (exact) mass is 517 g/mol. The second-order valence-corrected chi connectivity index (χ2v) is 15.1. The third kappa shape index (κ3) is 6.14. The maximum absolute atomic E-state index is 12.8. The molecule has 0 atom stereocenters. The number of carbonyl (C=O) groups excluding carboxylic acids is 1. The van der Waals surface area contributed by atoms with Gasteiger partial charge in [0, 0.05) is 30.3 Å². The van der Waals surface area contributed by atoms with Crippen LogP contribution >= 0.6 is 7.26 Å². The molecule has 0 unspecified atom stereocenters. The van der Waals surface area contributed by atoms with Gasteiger partial charge < -0.3 is 4.74 Å². The topological polar surface area (TPSA) is 49.4 Å².